The van der Waals surface area contributed by atoms with E-state index in [1.807, 2.05) is 0 Å². The number of ether oxygens (including phenoxy) is 1. The summed E-state index contributed by atoms with van der Waals surface area (Å²) in [7, 11) is 0. The van der Waals surface area contributed by atoms with E-state index in [1.165, 1.54) is 24.3 Å². The molecule has 3 N–H and O–H groups in total. The third-order valence-electron chi connectivity index (χ3n) is 1.73. The van der Waals surface area contributed by atoms with Crippen LogP contribution in [0.1, 0.15) is 0 Å². The molecule has 7 heteroatoms. The maximum absolute atomic E-state index is 11.8. The Morgan fingerprint density at radius 3 is 2.35 bits per heavy atom. The number of nitrogens with one attached hydrogen (secondary N) is 1. The summed E-state index contributed by atoms with van der Waals surface area (Å²) >= 11 is 0. The predicted octanol–water partition coefficient (Wildman–Crippen LogP) is 1.52. The Labute approximate surface area is 95.6 Å². The van der Waals surface area contributed by atoms with Crippen molar-refractivity contribution in [2.24, 2.45) is 5.73 Å². The van der Waals surface area contributed by atoms with Crippen LogP contribution in [0.2, 0.25) is 0 Å². The van der Waals surface area contributed by atoms with Gasteiger partial charge in [0.25, 0.3) is 0 Å². The lowest BCUT2D eigenvalue weighted by Gasteiger charge is -2.09. The van der Waals surface area contributed by atoms with Crippen molar-refractivity contribution in [3.63, 3.8) is 0 Å². The van der Waals surface area contributed by atoms with Crippen molar-refractivity contribution in [1.29, 1.82) is 0 Å². The van der Waals surface area contributed by atoms with Gasteiger partial charge in [0.2, 0.25) is 5.91 Å². The molecule has 0 aliphatic rings. The molecule has 17 heavy (non-hydrogen) atoms. The highest BCUT2D eigenvalue weighted by Gasteiger charge is 2.28. The lowest BCUT2D eigenvalue weighted by Crippen LogP contribution is -2.21. The first-order valence-corrected chi connectivity index (χ1v) is 4.70. The minimum absolute atomic E-state index is 0.0769. The van der Waals surface area contributed by atoms with E-state index in [4.69, 9.17) is 5.73 Å². The molecule has 94 valence electrons. The smallest absolute Gasteiger partial charge is 0.422 e. The fourth-order valence-electron chi connectivity index (χ4n) is 1.01. The Morgan fingerprint density at radius 2 is 1.88 bits per heavy atom. The maximum atomic E-state index is 11.8. The molecule has 1 rings (SSSR count). The first-order valence-electron chi connectivity index (χ1n) is 4.70. The second-order valence-corrected chi connectivity index (χ2v) is 3.18. The zero-order chi connectivity index (χ0) is 12.9. The molecule has 0 radical (unpaired) electrons. The van der Waals surface area contributed by atoms with Crippen molar-refractivity contribution in [2.75, 3.05) is 18.5 Å². The quantitative estimate of drug-likeness (QED) is 0.849. The molecule has 0 bridgehead atoms. The second kappa shape index (κ2) is 5.53. The van der Waals surface area contributed by atoms with Crippen LogP contribution in [-0.4, -0.2) is 25.2 Å². The zero-order valence-electron chi connectivity index (χ0n) is 8.75. The fraction of sp³-hybridized carbons (Fsp3) is 0.300. The highest BCUT2D eigenvalue weighted by Crippen LogP contribution is 2.20. The molecule has 0 unspecified atom stereocenters. The Bertz CT molecular complexity index is 376. The van der Waals surface area contributed by atoms with Crippen LogP contribution in [0, 0.1) is 0 Å². The van der Waals surface area contributed by atoms with Crippen LogP contribution in [0.4, 0.5) is 18.9 Å². The van der Waals surface area contributed by atoms with Crippen molar-refractivity contribution in [1.82, 2.24) is 0 Å². The van der Waals surface area contributed by atoms with E-state index in [1.54, 1.807) is 0 Å². The van der Waals surface area contributed by atoms with Crippen LogP contribution in [-0.2, 0) is 4.79 Å². The van der Waals surface area contributed by atoms with Gasteiger partial charge in [0.05, 0.1) is 6.54 Å². The van der Waals surface area contributed by atoms with Crippen molar-refractivity contribution >= 4 is 11.6 Å². The number of benzene rings is 1. The molecule has 0 saturated carbocycles. The first-order chi connectivity index (χ1) is 7.90. The van der Waals surface area contributed by atoms with E-state index >= 15 is 0 Å². The largest absolute Gasteiger partial charge is 0.484 e. The number of rotatable bonds is 4. The lowest BCUT2D eigenvalue weighted by molar-refractivity contribution is -0.153. The van der Waals surface area contributed by atoms with Gasteiger partial charge in [-0.15, -0.1) is 0 Å². The summed E-state index contributed by atoms with van der Waals surface area (Å²) in [6.45, 7) is -1.51. The predicted molar refractivity (Wildman–Crippen MR) is 55.7 cm³/mol. The molecular formula is C10H11F3N2O2. The van der Waals surface area contributed by atoms with Crippen molar-refractivity contribution < 1.29 is 22.7 Å². The van der Waals surface area contributed by atoms with Crippen LogP contribution < -0.4 is 15.8 Å². The highest BCUT2D eigenvalue weighted by molar-refractivity contribution is 5.92. The second-order valence-electron chi connectivity index (χ2n) is 3.18. The van der Waals surface area contributed by atoms with Gasteiger partial charge in [-0.2, -0.15) is 13.2 Å². The Kier molecular flexibility index (Phi) is 4.33. The third kappa shape index (κ3) is 5.21. The minimum Gasteiger partial charge on any atom is -0.484 e. The topological polar surface area (TPSA) is 64.4 Å². The van der Waals surface area contributed by atoms with E-state index in [2.05, 4.69) is 10.1 Å². The number of halogens is 3. The highest BCUT2D eigenvalue weighted by atomic mass is 19.4. The van der Waals surface area contributed by atoms with Gasteiger partial charge >= 0.3 is 6.18 Å². The molecule has 0 heterocycles. The fourth-order valence-corrected chi connectivity index (χ4v) is 1.01. The molecule has 0 aromatic heterocycles. The van der Waals surface area contributed by atoms with E-state index in [0.29, 0.717) is 5.69 Å². The summed E-state index contributed by atoms with van der Waals surface area (Å²) in [6.07, 6.45) is -4.37. The zero-order valence-corrected chi connectivity index (χ0v) is 8.75. The van der Waals surface area contributed by atoms with Crippen LogP contribution in [0.3, 0.4) is 0 Å². The number of hydrogen-bond acceptors (Lipinski definition) is 3. The molecule has 1 aromatic carbocycles. The average molecular weight is 248 g/mol. The number of carbonyl (C=O) groups is 1. The maximum Gasteiger partial charge on any atom is 0.422 e. The normalized spacial score (nSPS) is 11.1. The molecule has 0 aliphatic heterocycles. The number of nitrogens with two attached hydrogens (primary N) is 1. The number of hydrogen-bond donors (Lipinski definition) is 2. The molecule has 0 spiro atoms. The summed E-state index contributed by atoms with van der Waals surface area (Å²) in [5.41, 5.74) is 5.53. The Morgan fingerprint density at radius 1 is 1.29 bits per heavy atom. The average Bonchev–Trinajstić information content (AvgIpc) is 2.27. The molecule has 1 aromatic rings. The number of anilines is 1. The summed E-state index contributed by atoms with van der Waals surface area (Å²) in [5.74, 6) is -0.304. The molecule has 0 aliphatic carbocycles. The Hall–Kier alpha value is -1.76. The molecule has 0 fully saturated rings. The molecule has 0 atom stereocenters. The van der Waals surface area contributed by atoms with Gasteiger partial charge in [-0.05, 0) is 24.3 Å². The Balaban J connectivity index is 2.53. The minimum atomic E-state index is -4.37. The first kappa shape index (κ1) is 13.3. The van der Waals surface area contributed by atoms with Crippen molar-refractivity contribution in [3.05, 3.63) is 24.3 Å². The molecule has 4 nitrogen and oxygen atoms in total. The van der Waals surface area contributed by atoms with Crippen LogP contribution in [0.25, 0.3) is 0 Å². The number of alkyl halides is 3. The van der Waals surface area contributed by atoms with Crippen LogP contribution >= 0.6 is 0 Å². The van der Waals surface area contributed by atoms with Crippen molar-refractivity contribution in [3.8, 4) is 5.75 Å². The summed E-state index contributed by atoms with van der Waals surface area (Å²) in [4.78, 5) is 10.9. The van der Waals surface area contributed by atoms with E-state index in [9.17, 15) is 18.0 Å². The standard InChI is InChI=1S/C10H11F3N2O2/c11-10(12,13)6-17-8-3-1-7(2-4-8)15-9(16)5-14/h1-4H,5-6,14H2,(H,15,16). The van der Waals surface area contributed by atoms with Gasteiger partial charge in [0, 0.05) is 5.69 Å². The van der Waals surface area contributed by atoms with Crippen molar-refractivity contribution in [2.45, 2.75) is 6.18 Å². The van der Waals surface area contributed by atoms with Gasteiger partial charge < -0.3 is 15.8 Å². The summed E-state index contributed by atoms with van der Waals surface area (Å²) in [6, 6.07) is 5.52. The van der Waals surface area contributed by atoms with Gasteiger partial charge in [0.15, 0.2) is 6.61 Å². The van der Waals surface area contributed by atoms with Gasteiger partial charge in [-0.1, -0.05) is 0 Å². The van der Waals surface area contributed by atoms with Crippen LogP contribution in [0.15, 0.2) is 24.3 Å². The number of amides is 1. The molecular weight excluding hydrogens is 237 g/mol. The lowest BCUT2D eigenvalue weighted by atomic mass is 10.3. The van der Waals surface area contributed by atoms with Crippen LogP contribution in [0.5, 0.6) is 5.75 Å². The SMILES string of the molecule is NCC(=O)Nc1ccc(OCC(F)(F)F)cc1. The van der Waals surface area contributed by atoms with Gasteiger partial charge in [-0.25, -0.2) is 0 Å². The molecule has 0 saturated heterocycles. The molecule has 1 amide bonds. The van der Waals surface area contributed by atoms with Gasteiger partial charge in [-0.3, -0.25) is 4.79 Å². The third-order valence-corrected chi connectivity index (χ3v) is 1.73. The van der Waals surface area contributed by atoms with E-state index in [0.717, 1.165) is 0 Å². The monoisotopic (exact) mass is 248 g/mol. The summed E-state index contributed by atoms with van der Waals surface area (Å²) < 4.78 is 40.0. The van der Waals surface area contributed by atoms with E-state index in [-0.39, 0.29) is 18.2 Å². The van der Waals surface area contributed by atoms with Gasteiger partial charge in [0.1, 0.15) is 5.75 Å². The summed E-state index contributed by atoms with van der Waals surface area (Å²) in [5, 5.41) is 2.45. The number of carbonyl (C=O) groups excluding carboxylic acids is 1. The van der Waals surface area contributed by atoms with E-state index < -0.39 is 12.8 Å².